The van der Waals surface area contributed by atoms with Gasteiger partial charge < -0.3 is 9.52 Å². The minimum atomic E-state index is -0.123. The molecule has 0 atom stereocenters. The molecule has 0 saturated carbocycles. The lowest BCUT2D eigenvalue weighted by atomic mass is 9.94. The quantitative estimate of drug-likeness (QED) is 0.561. The third-order valence-electron chi connectivity index (χ3n) is 3.60. The lowest BCUT2D eigenvalue weighted by molar-refractivity contribution is 0.474. The van der Waals surface area contributed by atoms with Gasteiger partial charge in [-0.3, -0.25) is 4.79 Å². The Kier molecular flexibility index (Phi) is 3.85. The average molecular weight is 304 g/mol. The smallest absolute Gasteiger partial charge is 0.182 e. The zero-order valence-corrected chi connectivity index (χ0v) is 12.7. The molecule has 0 spiro atoms. The van der Waals surface area contributed by atoms with Crippen molar-refractivity contribution in [2.24, 2.45) is 0 Å². The summed E-state index contributed by atoms with van der Waals surface area (Å²) < 4.78 is 5.79. The van der Waals surface area contributed by atoms with E-state index in [4.69, 9.17) is 4.42 Å². The van der Waals surface area contributed by atoms with Gasteiger partial charge in [-0.25, -0.2) is 0 Å². The largest absolute Gasteiger partial charge is 0.508 e. The van der Waals surface area contributed by atoms with Crippen LogP contribution in [0.25, 0.3) is 27.9 Å². The first-order valence-corrected chi connectivity index (χ1v) is 7.28. The van der Waals surface area contributed by atoms with Crippen LogP contribution in [0.15, 0.2) is 76.5 Å². The van der Waals surface area contributed by atoms with E-state index < -0.39 is 0 Å². The highest BCUT2D eigenvalue weighted by molar-refractivity contribution is 6.00. The molecule has 1 aliphatic heterocycles. The van der Waals surface area contributed by atoms with Crippen molar-refractivity contribution in [3.63, 3.8) is 0 Å². The zero-order valence-electron chi connectivity index (χ0n) is 12.7. The van der Waals surface area contributed by atoms with Gasteiger partial charge in [-0.05, 0) is 36.8 Å². The lowest BCUT2D eigenvalue weighted by Gasteiger charge is -2.14. The molecule has 114 valence electrons. The van der Waals surface area contributed by atoms with Crippen LogP contribution in [-0.2, 0) is 0 Å². The maximum absolute atomic E-state index is 11.6. The summed E-state index contributed by atoms with van der Waals surface area (Å²) in [6.45, 7) is 6.08. The first-order chi connectivity index (χ1) is 11.1. The Balaban J connectivity index is 2.35. The lowest BCUT2D eigenvalue weighted by Crippen LogP contribution is -2.00. The molecule has 0 amide bonds. The number of rotatable bonds is 3. The number of phenolic OH excluding ortho intramolecular Hbond substituents is 1. The van der Waals surface area contributed by atoms with Crippen LogP contribution in [0.1, 0.15) is 12.5 Å². The Hall–Kier alpha value is -3.07. The number of benzene rings is 2. The second-order valence-corrected chi connectivity index (χ2v) is 5.23. The van der Waals surface area contributed by atoms with E-state index >= 15 is 0 Å². The summed E-state index contributed by atoms with van der Waals surface area (Å²) in [4.78, 5) is 11.6. The molecule has 1 aromatic carbocycles. The van der Waals surface area contributed by atoms with Crippen molar-refractivity contribution in [2.75, 3.05) is 0 Å². The third kappa shape index (κ3) is 2.81. The molecule has 1 heterocycles. The summed E-state index contributed by atoms with van der Waals surface area (Å²) in [5, 5.41) is 10.5. The molecule has 23 heavy (non-hydrogen) atoms. The molecule has 3 nitrogen and oxygen atoms in total. The van der Waals surface area contributed by atoms with Crippen LogP contribution in [-0.4, -0.2) is 5.11 Å². The molecule has 2 aliphatic rings. The number of fused-ring (bicyclic) bond motifs is 2. The van der Waals surface area contributed by atoms with E-state index in [1.54, 1.807) is 24.3 Å². The summed E-state index contributed by atoms with van der Waals surface area (Å²) in [6.07, 6.45) is 7.67. The predicted octanol–water partition coefficient (Wildman–Crippen LogP) is 4.75. The first-order valence-electron chi connectivity index (χ1n) is 7.28. The highest BCUT2D eigenvalue weighted by Crippen LogP contribution is 2.37. The van der Waals surface area contributed by atoms with Gasteiger partial charge in [0, 0.05) is 28.6 Å². The van der Waals surface area contributed by atoms with Crippen LogP contribution in [0.4, 0.5) is 0 Å². The minimum absolute atomic E-state index is 0.111. The van der Waals surface area contributed by atoms with Crippen LogP contribution in [0.5, 0.6) is 5.75 Å². The molecule has 1 N–H and O–H groups in total. The normalized spacial score (nSPS) is 11.9. The topological polar surface area (TPSA) is 50.4 Å². The Labute approximate surface area is 133 Å². The summed E-state index contributed by atoms with van der Waals surface area (Å²) in [5.41, 5.74) is 2.90. The molecule has 0 bridgehead atoms. The van der Waals surface area contributed by atoms with Crippen molar-refractivity contribution in [3.05, 3.63) is 83.1 Å². The molecule has 0 aromatic heterocycles. The van der Waals surface area contributed by atoms with Crippen molar-refractivity contribution in [1.82, 2.24) is 0 Å². The average Bonchev–Trinajstić information content (AvgIpc) is 2.52. The molecule has 1 aromatic rings. The monoisotopic (exact) mass is 304 g/mol. The van der Waals surface area contributed by atoms with Gasteiger partial charge in [0.15, 0.2) is 5.43 Å². The van der Waals surface area contributed by atoms with Crippen LogP contribution >= 0.6 is 0 Å². The van der Waals surface area contributed by atoms with Crippen molar-refractivity contribution in [1.29, 1.82) is 0 Å². The van der Waals surface area contributed by atoms with Crippen LogP contribution < -0.4 is 5.43 Å². The fourth-order valence-corrected chi connectivity index (χ4v) is 2.57. The van der Waals surface area contributed by atoms with Gasteiger partial charge in [0.2, 0.25) is 0 Å². The van der Waals surface area contributed by atoms with Crippen molar-refractivity contribution < 1.29 is 9.52 Å². The van der Waals surface area contributed by atoms with Gasteiger partial charge in [-0.2, -0.15) is 0 Å². The maximum atomic E-state index is 11.6. The van der Waals surface area contributed by atoms with Gasteiger partial charge in [-0.1, -0.05) is 30.9 Å². The Morgan fingerprint density at radius 2 is 2.00 bits per heavy atom. The predicted molar refractivity (Wildman–Crippen MR) is 93.8 cm³/mol. The summed E-state index contributed by atoms with van der Waals surface area (Å²) in [5.74, 6) is 0.589. The molecular weight excluding hydrogens is 288 g/mol. The van der Waals surface area contributed by atoms with Gasteiger partial charge in [0.25, 0.3) is 0 Å². The number of allylic oxidation sites excluding steroid dienone is 5. The first kappa shape index (κ1) is 14.9. The fraction of sp³-hybridized carbons (Fsp3) is 0.0500. The van der Waals surface area contributed by atoms with E-state index in [2.05, 4.69) is 6.58 Å². The summed E-state index contributed by atoms with van der Waals surface area (Å²) in [6, 6.07) is 9.65. The van der Waals surface area contributed by atoms with Crippen molar-refractivity contribution in [2.45, 2.75) is 6.92 Å². The molecule has 0 fully saturated rings. The second kappa shape index (κ2) is 5.97. The van der Waals surface area contributed by atoms with E-state index in [0.717, 1.165) is 22.1 Å². The van der Waals surface area contributed by atoms with E-state index in [9.17, 15) is 9.90 Å². The van der Waals surface area contributed by atoms with Crippen molar-refractivity contribution >= 4 is 16.5 Å². The highest BCUT2D eigenvalue weighted by Gasteiger charge is 2.17. The third-order valence-corrected chi connectivity index (χ3v) is 3.60. The molecular formula is C20H16O3. The molecule has 1 aliphatic carbocycles. The van der Waals surface area contributed by atoms with E-state index in [1.165, 1.54) is 12.1 Å². The maximum Gasteiger partial charge on any atom is 0.182 e. The number of hydrogen-bond acceptors (Lipinski definition) is 3. The molecule has 0 saturated heterocycles. The fourth-order valence-electron chi connectivity index (χ4n) is 2.57. The standard InChI is InChI=1S/C20H16O3/c1-3-4-5-6-13(2)20-16-9-7-14(21)11-18(16)23-19-12-15(22)8-10-17(19)20/h3-12,21H,2H2,1H3/b4-3-,6-5-. The van der Waals surface area contributed by atoms with Crippen molar-refractivity contribution in [3.8, 4) is 17.1 Å². The molecule has 0 radical (unpaired) electrons. The Morgan fingerprint density at radius 1 is 1.17 bits per heavy atom. The highest BCUT2D eigenvalue weighted by atomic mass is 16.3. The number of phenols is 1. The van der Waals surface area contributed by atoms with E-state index in [0.29, 0.717) is 11.3 Å². The minimum Gasteiger partial charge on any atom is -0.508 e. The zero-order chi connectivity index (χ0) is 16.4. The van der Waals surface area contributed by atoms with Crippen LogP contribution in [0, 0.1) is 0 Å². The van der Waals surface area contributed by atoms with Gasteiger partial charge in [-0.15, -0.1) is 0 Å². The van der Waals surface area contributed by atoms with Gasteiger partial charge in [0.1, 0.15) is 17.1 Å². The van der Waals surface area contributed by atoms with Crippen LogP contribution in [0.3, 0.4) is 0 Å². The van der Waals surface area contributed by atoms with E-state index in [1.807, 2.05) is 31.2 Å². The Morgan fingerprint density at radius 3 is 2.78 bits per heavy atom. The number of aromatic hydroxyl groups is 1. The van der Waals surface area contributed by atoms with Crippen LogP contribution in [0.2, 0.25) is 0 Å². The van der Waals surface area contributed by atoms with E-state index in [-0.39, 0.29) is 11.2 Å². The summed E-state index contributed by atoms with van der Waals surface area (Å²) in [7, 11) is 0. The SMILES string of the molecule is C=C(/C=C\C=C/C)c1c2ccc(=O)cc-2oc2cc(O)ccc12. The molecule has 3 heteroatoms. The summed E-state index contributed by atoms with van der Waals surface area (Å²) >= 11 is 0. The van der Waals surface area contributed by atoms with Gasteiger partial charge in [0.05, 0.1) is 0 Å². The number of hydrogen-bond donors (Lipinski definition) is 1. The molecule has 0 unspecified atom stereocenters. The second-order valence-electron chi connectivity index (χ2n) is 5.23. The molecule has 3 rings (SSSR count). The Bertz CT molecular complexity index is 974. The van der Waals surface area contributed by atoms with Gasteiger partial charge >= 0.3 is 0 Å².